The fourth-order valence-electron chi connectivity index (χ4n) is 2.95. The molecule has 0 aromatic heterocycles. The zero-order chi connectivity index (χ0) is 23.4. The number of likely N-dealkylation sites (N-methyl/N-ethyl adjacent to an activating group) is 1. The van der Waals surface area contributed by atoms with Gasteiger partial charge in [-0.25, -0.2) is 0 Å². The molecule has 3 rings (SSSR count). The van der Waals surface area contributed by atoms with Gasteiger partial charge in [0.25, 0.3) is 11.8 Å². The van der Waals surface area contributed by atoms with Crippen molar-refractivity contribution in [1.29, 1.82) is 0 Å². The summed E-state index contributed by atoms with van der Waals surface area (Å²) >= 11 is 16.1. The molecule has 1 saturated heterocycles. The molecule has 0 radical (unpaired) electrons. The highest BCUT2D eigenvalue weighted by Gasteiger charge is 2.30. The predicted molar refractivity (Wildman–Crippen MR) is 137 cm³/mol. The van der Waals surface area contributed by atoms with E-state index >= 15 is 0 Å². The normalized spacial score (nSPS) is 14.8. The van der Waals surface area contributed by atoms with Crippen LogP contribution in [0.25, 0.3) is 6.08 Å². The third-order valence-corrected chi connectivity index (χ3v) is 7.01. The number of methoxy groups -OCH3 is 1. The number of thioether (sulfide) groups is 1. The van der Waals surface area contributed by atoms with Crippen LogP contribution in [0.15, 0.2) is 39.7 Å². The number of hydrogen-bond acceptors (Lipinski definition) is 6. The number of carbonyl (C=O) groups is 2. The van der Waals surface area contributed by atoms with Gasteiger partial charge in [-0.05, 0) is 71.2 Å². The second kappa shape index (κ2) is 10.7. The molecule has 0 unspecified atom stereocenters. The van der Waals surface area contributed by atoms with E-state index in [0.29, 0.717) is 42.5 Å². The molecule has 1 aliphatic heterocycles. The van der Waals surface area contributed by atoms with Crippen LogP contribution in [-0.2, 0) is 9.59 Å². The van der Waals surface area contributed by atoms with Gasteiger partial charge in [0.15, 0.2) is 18.1 Å². The van der Waals surface area contributed by atoms with Crippen molar-refractivity contribution < 1.29 is 19.1 Å². The molecule has 168 valence electrons. The molecule has 2 amide bonds. The van der Waals surface area contributed by atoms with Crippen LogP contribution in [0.1, 0.15) is 18.1 Å². The molecule has 0 atom stereocenters. The van der Waals surface area contributed by atoms with Crippen LogP contribution in [0.3, 0.4) is 0 Å². The minimum atomic E-state index is -0.336. The molecule has 10 heteroatoms. The van der Waals surface area contributed by atoms with Crippen molar-refractivity contribution in [2.75, 3.05) is 25.6 Å². The zero-order valence-corrected chi connectivity index (χ0v) is 21.5. The van der Waals surface area contributed by atoms with Gasteiger partial charge in [-0.15, -0.1) is 0 Å². The van der Waals surface area contributed by atoms with Crippen molar-refractivity contribution in [1.82, 2.24) is 4.90 Å². The van der Waals surface area contributed by atoms with Gasteiger partial charge in [0.2, 0.25) is 0 Å². The van der Waals surface area contributed by atoms with Crippen LogP contribution in [0.2, 0.25) is 5.02 Å². The second-order valence-corrected chi connectivity index (χ2v) is 9.65. The number of hydrogen-bond donors (Lipinski definition) is 1. The highest BCUT2D eigenvalue weighted by molar-refractivity contribution is 9.10. The Morgan fingerprint density at radius 1 is 1.38 bits per heavy atom. The topological polar surface area (TPSA) is 67.9 Å². The number of rotatable bonds is 7. The minimum absolute atomic E-state index is 0.120. The Balaban J connectivity index is 1.75. The number of carbonyl (C=O) groups excluding carboxylic acids is 2. The number of ether oxygens (including phenoxy) is 2. The fourth-order valence-corrected chi connectivity index (χ4v) is 5.09. The van der Waals surface area contributed by atoms with Gasteiger partial charge in [0, 0.05) is 17.3 Å². The molecule has 1 N–H and O–H groups in total. The molecule has 6 nitrogen and oxygen atoms in total. The van der Waals surface area contributed by atoms with Gasteiger partial charge >= 0.3 is 0 Å². The van der Waals surface area contributed by atoms with Crippen LogP contribution in [-0.4, -0.2) is 41.3 Å². The molecule has 32 heavy (non-hydrogen) atoms. The predicted octanol–water partition coefficient (Wildman–Crippen LogP) is 5.66. The Kier molecular flexibility index (Phi) is 8.21. The first kappa shape index (κ1) is 24.6. The van der Waals surface area contributed by atoms with Gasteiger partial charge in [0.05, 0.1) is 16.5 Å². The summed E-state index contributed by atoms with van der Waals surface area (Å²) in [5.41, 5.74) is 2.13. The van der Waals surface area contributed by atoms with Gasteiger partial charge in [0.1, 0.15) is 4.32 Å². The van der Waals surface area contributed by atoms with Crippen LogP contribution < -0.4 is 14.8 Å². The van der Waals surface area contributed by atoms with Crippen molar-refractivity contribution >= 4 is 79.4 Å². The average Bonchev–Trinajstić information content (AvgIpc) is 3.02. The van der Waals surface area contributed by atoms with E-state index in [0.717, 1.165) is 11.1 Å². The maximum Gasteiger partial charge on any atom is 0.266 e. The van der Waals surface area contributed by atoms with E-state index in [1.54, 1.807) is 41.3 Å². The summed E-state index contributed by atoms with van der Waals surface area (Å²) in [7, 11) is 1.50. The first-order valence-corrected chi connectivity index (χ1v) is 11.9. The molecule has 0 spiro atoms. The van der Waals surface area contributed by atoms with Crippen LogP contribution >= 0.6 is 51.5 Å². The smallest absolute Gasteiger partial charge is 0.266 e. The van der Waals surface area contributed by atoms with Crippen molar-refractivity contribution in [2.24, 2.45) is 0 Å². The van der Waals surface area contributed by atoms with Gasteiger partial charge in [-0.1, -0.05) is 41.6 Å². The van der Waals surface area contributed by atoms with Crippen LogP contribution in [0, 0.1) is 6.92 Å². The van der Waals surface area contributed by atoms with Crippen LogP contribution in [0.5, 0.6) is 11.5 Å². The highest BCUT2D eigenvalue weighted by Crippen LogP contribution is 2.39. The van der Waals surface area contributed by atoms with Crippen molar-refractivity contribution in [3.05, 3.63) is 55.9 Å². The first-order valence-electron chi connectivity index (χ1n) is 9.55. The van der Waals surface area contributed by atoms with E-state index in [4.69, 9.17) is 33.3 Å². The summed E-state index contributed by atoms with van der Waals surface area (Å²) in [4.78, 5) is 26.9. The quantitative estimate of drug-likeness (QED) is 0.351. The SMILES string of the molecule is CCN1C(=O)/C(=C/c2cc(Br)c(OCC(=O)Nc3cccc(Cl)c3C)c(OC)c2)SC1=S. The summed E-state index contributed by atoms with van der Waals surface area (Å²) in [6.07, 6.45) is 1.75. The average molecular weight is 556 g/mol. The maximum atomic E-state index is 12.5. The number of thiocarbonyl (C=S) groups is 1. The molecular formula is C22H20BrClN2O4S2. The van der Waals surface area contributed by atoms with E-state index < -0.39 is 0 Å². The summed E-state index contributed by atoms with van der Waals surface area (Å²) < 4.78 is 12.3. The third kappa shape index (κ3) is 5.46. The number of halogens is 2. The lowest BCUT2D eigenvalue weighted by atomic mass is 10.2. The monoisotopic (exact) mass is 554 g/mol. The first-order chi connectivity index (χ1) is 15.2. The maximum absolute atomic E-state index is 12.5. The lowest BCUT2D eigenvalue weighted by molar-refractivity contribution is -0.122. The van der Waals surface area contributed by atoms with E-state index in [1.807, 2.05) is 13.8 Å². The number of nitrogens with one attached hydrogen (secondary N) is 1. The van der Waals surface area contributed by atoms with Crippen molar-refractivity contribution in [2.45, 2.75) is 13.8 Å². The Morgan fingerprint density at radius 2 is 2.12 bits per heavy atom. The van der Waals surface area contributed by atoms with E-state index in [1.165, 1.54) is 18.9 Å². The van der Waals surface area contributed by atoms with Gasteiger partial charge < -0.3 is 14.8 Å². The highest BCUT2D eigenvalue weighted by atomic mass is 79.9. The Hall–Kier alpha value is -2.07. The molecule has 1 fully saturated rings. The molecule has 0 aliphatic carbocycles. The number of nitrogens with zero attached hydrogens (tertiary/aromatic N) is 1. The summed E-state index contributed by atoms with van der Waals surface area (Å²) in [6.45, 7) is 4.00. The molecule has 0 bridgehead atoms. The van der Waals surface area contributed by atoms with E-state index in [9.17, 15) is 9.59 Å². The number of benzene rings is 2. The fraction of sp³-hybridized carbons (Fsp3) is 0.227. The standard InChI is InChI=1S/C22H20BrClN2O4S2/c1-4-26-21(28)18(32-22(26)31)10-13-8-14(23)20(17(9-13)29-3)30-11-19(27)25-16-7-5-6-15(24)12(16)2/h5-10H,4,11H2,1-3H3,(H,25,27)/b18-10-. The van der Waals surface area contributed by atoms with Gasteiger partial charge in [-0.2, -0.15) is 0 Å². The Morgan fingerprint density at radius 3 is 2.78 bits per heavy atom. The lowest BCUT2D eigenvalue weighted by Gasteiger charge is -2.14. The number of anilines is 1. The summed E-state index contributed by atoms with van der Waals surface area (Å²) in [6, 6.07) is 8.81. The Labute approximate surface area is 209 Å². The lowest BCUT2D eigenvalue weighted by Crippen LogP contribution is -2.27. The van der Waals surface area contributed by atoms with Crippen molar-refractivity contribution in [3.8, 4) is 11.5 Å². The molecule has 1 heterocycles. The molecule has 0 saturated carbocycles. The number of amides is 2. The van der Waals surface area contributed by atoms with Gasteiger partial charge in [-0.3, -0.25) is 14.5 Å². The second-order valence-electron chi connectivity index (χ2n) is 6.71. The van der Waals surface area contributed by atoms with Crippen LogP contribution in [0.4, 0.5) is 5.69 Å². The Bertz CT molecular complexity index is 1120. The molecular weight excluding hydrogens is 536 g/mol. The minimum Gasteiger partial charge on any atom is -0.493 e. The molecule has 2 aromatic carbocycles. The largest absolute Gasteiger partial charge is 0.493 e. The summed E-state index contributed by atoms with van der Waals surface area (Å²) in [5.74, 6) is 0.342. The molecule has 1 aliphatic rings. The van der Waals surface area contributed by atoms with E-state index in [-0.39, 0.29) is 18.4 Å². The molecule has 2 aromatic rings. The third-order valence-electron chi connectivity index (χ3n) is 4.63. The zero-order valence-electron chi connectivity index (χ0n) is 17.5. The van der Waals surface area contributed by atoms with E-state index in [2.05, 4.69) is 21.2 Å². The van der Waals surface area contributed by atoms with Crippen molar-refractivity contribution in [3.63, 3.8) is 0 Å². The summed E-state index contributed by atoms with van der Waals surface area (Å²) in [5, 5.41) is 3.35.